The molecule has 1 aliphatic rings. The smallest absolute Gasteiger partial charge is 0.260 e. The fraction of sp³-hybridized carbons (Fsp3) is 0.227. The van der Waals surface area contributed by atoms with Crippen molar-refractivity contribution in [3.63, 3.8) is 0 Å². The average Bonchev–Trinajstić information content (AvgIpc) is 3.09. The van der Waals surface area contributed by atoms with E-state index in [0.29, 0.717) is 44.9 Å². The number of ether oxygens (including phenoxy) is 2. The number of aromatic nitrogens is 2. The van der Waals surface area contributed by atoms with Gasteiger partial charge in [-0.3, -0.25) is 4.79 Å². The molecule has 1 aliphatic heterocycles. The van der Waals surface area contributed by atoms with E-state index >= 15 is 0 Å². The molecule has 0 unspecified atom stereocenters. The SMILES string of the molecule is COc1ccc(CN2Cc3nc(-c4c(Cl)cccc4Cl)nc(NCO)c3C2=O)c(OC)c1. The van der Waals surface area contributed by atoms with Gasteiger partial charge in [-0.1, -0.05) is 29.3 Å². The number of aliphatic hydroxyl groups excluding tert-OH is 1. The summed E-state index contributed by atoms with van der Waals surface area (Å²) in [6.45, 7) is 0.142. The van der Waals surface area contributed by atoms with Crippen molar-refractivity contribution in [2.75, 3.05) is 26.3 Å². The van der Waals surface area contributed by atoms with Crippen molar-refractivity contribution in [2.45, 2.75) is 13.1 Å². The first-order valence-electron chi connectivity index (χ1n) is 9.67. The van der Waals surface area contributed by atoms with Gasteiger partial charge in [0.1, 0.15) is 29.6 Å². The summed E-state index contributed by atoms with van der Waals surface area (Å²) in [4.78, 5) is 23.9. The van der Waals surface area contributed by atoms with Crippen molar-refractivity contribution in [1.82, 2.24) is 14.9 Å². The molecular weight excluding hydrogens is 455 g/mol. The Morgan fingerprint density at radius 1 is 1.09 bits per heavy atom. The molecule has 32 heavy (non-hydrogen) atoms. The molecule has 4 rings (SSSR count). The number of halogens is 2. The summed E-state index contributed by atoms with van der Waals surface area (Å²) in [5, 5.41) is 13.0. The quantitative estimate of drug-likeness (QED) is 0.499. The summed E-state index contributed by atoms with van der Waals surface area (Å²) in [5.41, 5.74) is 2.09. The van der Waals surface area contributed by atoms with Gasteiger partial charge in [-0.25, -0.2) is 9.97 Å². The number of rotatable bonds is 7. The highest BCUT2D eigenvalue weighted by atomic mass is 35.5. The number of carbonyl (C=O) groups excluding carboxylic acids is 1. The van der Waals surface area contributed by atoms with Gasteiger partial charge in [0.2, 0.25) is 0 Å². The topological polar surface area (TPSA) is 96.8 Å². The Hall–Kier alpha value is -3.07. The van der Waals surface area contributed by atoms with Crippen LogP contribution in [0.5, 0.6) is 11.5 Å². The van der Waals surface area contributed by atoms with E-state index in [1.54, 1.807) is 43.4 Å². The van der Waals surface area contributed by atoms with Crippen molar-refractivity contribution in [1.29, 1.82) is 0 Å². The minimum atomic E-state index is -0.404. The molecule has 3 aromatic rings. The summed E-state index contributed by atoms with van der Waals surface area (Å²) in [6.07, 6.45) is 0. The lowest BCUT2D eigenvalue weighted by Crippen LogP contribution is -2.24. The number of methoxy groups -OCH3 is 2. The highest BCUT2D eigenvalue weighted by Crippen LogP contribution is 2.37. The predicted octanol–water partition coefficient (Wildman–Crippen LogP) is 3.99. The van der Waals surface area contributed by atoms with Gasteiger partial charge >= 0.3 is 0 Å². The number of hydrogen-bond acceptors (Lipinski definition) is 7. The lowest BCUT2D eigenvalue weighted by Gasteiger charge is -2.18. The van der Waals surface area contributed by atoms with E-state index in [9.17, 15) is 9.90 Å². The molecule has 1 amide bonds. The Morgan fingerprint density at radius 3 is 2.50 bits per heavy atom. The van der Waals surface area contributed by atoms with E-state index in [4.69, 9.17) is 32.7 Å². The number of nitrogens with zero attached hydrogens (tertiary/aromatic N) is 3. The molecule has 10 heteroatoms. The number of nitrogens with one attached hydrogen (secondary N) is 1. The number of benzene rings is 2. The third kappa shape index (κ3) is 4.04. The Bertz CT molecular complexity index is 1170. The molecule has 0 saturated carbocycles. The van der Waals surface area contributed by atoms with Crippen LogP contribution >= 0.6 is 23.2 Å². The molecule has 0 saturated heterocycles. The van der Waals surface area contributed by atoms with Gasteiger partial charge in [0.05, 0.1) is 48.6 Å². The monoisotopic (exact) mass is 474 g/mol. The van der Waals surface area contributed by atoms with Crippen LogP contribution in [0.1, 0.15) is 21.6 Å². The molecule has 2 N–H and O–H groups in total. The summed E-state index contributed by atoms with van der Waals surface area (Å²) in [6, 6.07) is 10.5. The van der Waals surface area contributed by atoms with Crippen LogP contribution in [-0.4, -0.2) is 46.8 Å². The summed E-state index contributed by atoms with van der Waals surface area (Å²) in [7, 11) is 3.14. The zero-order chi connectivity index (χ0) is 22.8. The van der Waals surface area contributed by atoms with Crippen LogP contribution in [0.4, 0.5) is 5.82 Å². The maximum absolute atomic E-state index is 13.2. The maximum atomic E-state index is 13.2. The van der Waals surface area contributed by atoms with Crippen molar-refractivity contribution in [2.24, 2.45) is 0 Å². The standard InChI is InChI=1S/C22H20Cl2N4O4/c1-31-13-7-6-12(17(8-13)32-2)9-28-10-16-19(22(28)30)20(25-11-29)27-21(26-16)18-14(23)4-3-5-15(18)24/h3-8,29H,9-11H2,1-2H3,(H,25,26,27). The van der Waals surface area contributed by atoms with Gasteiger partial charge in [0.25, 0.3) is 5.91 Å². The molecule has 0 bridgehead atoms. The van der Waals surface area contributed by atoms with E-state index < -0.39 is 6.73 Å². The van der Waals surface area contributed by atoms with E-state index in [2.05, 4.69) is 15.3 Å². The Kier molecular flexibility index (Phi) is 6.36. The van der Waals surface area contributed by atoms with Crippen molar-refractivity contribution in [3.05, 3.63) is 63.3 Å². The highest BCUT2D eigenvalue weighted by Gasteiger charge is 2.34. The fourth-order valence-corrected chi connectivity index (χ4v) is 4.17. The van der Waals surface area contributed by atoms with E-state index in [1.165, 1.54) is 0 Å². The molecule has 0 spiro atoms. The molecule has 0 fully saturated rings. The Balaban J connectivity index is 1.72. The minimum Gasteiger partial charge on any atom is -0.497 e. The van der Waals surface area contributed by atoms with Crippen molar-refractivity contribution in [3.8, 4) is 22.9 Å². The third-order valence-corrected chi connectivity index (χ3v) is 5.74. The highest BCUT2D eigenvalue weighted by molar-refractivity contribution is 6.39. The van der Waals surface area contributed by atoms with Gasteiger partial charge in [-0.2, -0.15) is 0 Å². The molecule has 0 radical (unpaired) electrons. The third-order valence-electron chi connectivity index (χ3n) is 5.11. The van der Waals surface area contributed by atoms with Crippen LogP contribution in [0.25, 0.3) is 11.4 Å². The first-order valence-corrected chi connectivity index (χ1v) is 10.4. The van der Waals surface area contributed by atoms with Crippen LogP contribution in [-0.2, 0) is 13.1 Å². The van der Waals surface area contributed by atoms with Crippen molar-refractivity contribution >= 4 is 34.9 Å². The molecule has 2 heterocycles. The van der Waals surface area contributed by atoms with Crippen LogP contribution in [0.2, 0.25) is 10.0 Å². The number of carbonyl (C=O) groups is 1. The van der Waals surface area contributed by atoms with Crippen LogP contribution in [0.15, 0.2) is 36.4 Å². The summed E-state index contributed by atoms with van der Waals surface area (Å²) in [5.74, 6) is 1.50. The molecule has 0 aliphatic carbocycles. The molecule has 1 aromatic heterocycles. The number of anilines is 1. The van der Waals surface area contributed by atoms with Gasteiger partial charge in [0, 0.05) is 11.6 Å². The van der Waals surface area contributed by atoms with Crippen LogP contribution in [0.3, 0.4) is 0 Å². The molecule has 2 aromatic carbocycles. The molecule has 0 atom stereocenters. The van der Waals surface area contributed by atoms with Gasteiger partial charge in [-0.05, 0) is 24.3 Å². The maximum Gasteiger partial charge on any atom is 0.260 e. The average molecular weight is 475 g/mol. The number of hydrogen-bond donors (Lipinski definition) is 2. The largest absolute Gasteiger partial charge is 0.497 e. The number of amides is 1. The second kappa shape index (κ2) is 9.20. The number of aliphatic hydroxyl groups is 1. The summed E-state index contributed by atoms with van der Waals surface area (Å²) < 4.78 is 10.7. The number of fused-ring (bicyclic) bond motifs is 1. The predicted molar refractivity (Wildman–Crippen MR) is 121 cm³/mol. The van der Waals surface area contributed by atoms with Gasteiger partial charge < -0.3 is 24.8 Å². The van der Waals surface area contributed by atoms with Crippen LogP contribution < -0.4 is 14.8 Å². The van der Waals surface area contributed by atoms with Gasteiger partial charge in [0.15, 0.2) is 5.82 Å². The minimum absolute atomic E-state index is 0.220. The second-order valence-corrected chi connectivity index (χ2v) is 7.80. The Morgan fingerprint density at radius 2 is 1.84 bits per heavy atom. The fourth-order valence-electron chi connectivity index (χ4n) is 3.60. The normalized spacial score (nSPS) is 12.7. The van der Waals surface area contributed by atoms with E-state index in [-0.39, 0.29) is 24.1 Å². The lowest BCUT2D eigenvalue weighted by molar-refractivity contribution is 0.0765. The molecule has 8 nitrogen and oxygen atoms in total. The van der Waals surface area contributed by atoms with E-state index in [1.807, 2.05) is 12.1 Å². The Labute approximate surface area is 194 Å². The second-order valence-electron chi connectivity index (χ2n) is 6.99. The zero-order valence-electron chi connectivity index (χ0n) is 17.4. The lowest BCUT2D eigenvalue weighted by atomic mass is 10.1. The van der Waals surface area contributed by atoms with Gasteiger partial charge in [-0.15, -0.1) is 0 Å². The summed E-state index contributed by atoms with van der Waals surface area (Å²) >= 11 is 12.7. The van der Waals surface area contributed by atoms with E-state index in [0.717, 1.165) is 5.56 Å². The first kappa shape index (κ1) is 22.1. The van der Waals surface area contributed by atoms with Crippen molar-refractivity contribution < 1.29 is 19.4 Å². The molecular formula is C22H20Cl2N4O4. The molecule has 166 valence electrons. The zero-order valence-corrected chi connectivity index (χ0v) is 18.9. The first-order chi connectivity index (χ1) is 15.5. The van der Waals surface area contributed by atoms with Crippen LogP contribution in [0, 0.1) is 0 Å².